The maximum atomic E-state index is 13.5. The lowest BCUT2D eigenvalue weighted by Crippen LogP contribution is -2.45. The van der Waals surface area contributed by atoms with Crippen LogP contribution in [0.2, 0.25) is 0 Å². The summed E-state index contributed by atoms with van der Waals surface area (Å²) >= 11 is 2.11. The van der Waals surface area contributed by atoms with Crippen LogP contribution in [0.25, 0.3) is 22.3 Å². The van der Waals surface area contributed by atoms with Crippen LogP contribution in [0.1, 0.15) is 171 Å². The number of carbonyl (C=O) groups is 4. The number of allylic oxidation sites excluding steroid dienone is 2. The second-order valence-corrected chi connectivity index (χ2v) is 32.1. The van der Waals surface area contributed by atoms with Gasteiger partial charge in [0, 0.05) is 58.9 Å². The van der Waals surface area contributed by atoms with Crippen LogP contribution in [-0.4, -0.2) is 117 Å². The minimum Gasteiger partial charge on any atom is -0.469 e. The molecule has 2 saturated carbocycles. The Bertz CT molecular complexity index is 3880. The maximum Gasteiger partial charge on any atom is 0.534 e. The number of hydrogen-bond acceptors (Lipinski definition) is 13. The quantitative estimate of drug-likeness (QED) is 0.0342. The number of alkyl halides is 3. The van der Waals surface area contributed by atoms with E-state index < -0.39 is 15.6 Å². The zero-order chi connectivity index (χ0) is 68.3. The number of halogens is 4. The molecule has 5 aliphatic heterocycles. The third-order valence-corrected chi connectivity index (χ3v) is 23.8. The van der Waals surface area contributed by atoms with Crippen molar-refractivity contribution < 1.29 is 63.7 Å². The highest BCUT2D eigenvalue weighted by molar-refractivity contribution is 14.1. The van der Waals surface area contributed by atoms with Gasteiger partial charge in [-0.15, -0.1) is 0 Å². The topological polar surface area (TPSA) is 180 Å². The van der Waals surface area contributed by atoms with E-state index in [0.29, 0.717) is 30.4 Å². The molecule has 95 heavy (non-hydrogen) atoms. The van der Waals surface area contributed by atoms with E-state index >= 15 is 0 Å². The van der Waals surface area contributed by atoms with Gasteiger partial charge in [0.15, 0.2) is 0 Å². The summed E-state index contributed by atoms with van der Waals surface area (Å²) in [5, 5.41) is 0. The van der Waals surface area contributed by atoms with Crippen LogP contribution < -0.4 is 9.65 Å². The molecule has 4 aliphatic carbocycles. The van der Waals surface area contributed by atoms with E-state index in [1.165, 1.54) is 73.8 Å². The average molecular weight is 1440 g/mol. The molecule has 0 N–H and O–H groups in total. The second-order valence-electron chi connectivity index (χ2n) is 29.4. The predicted molar refractivity (Wildman–Crippen MR) is 371 cm³/mol. The monoisotopic (exact) mass is 1440 g/mol. The molecular formula is C74H89BF3IN4O11S. The van der Waals surface area contributed by atoms with Crippen LogP contribution in [0.4, 0.5) is 13.2 Å². The molecule has 13 rings (SSSR count). The predicted octanol–water partition coefficient (Wildman–Crippen LogP) is 13.9. The number of methoxy groups -OCH3 is 2. The van der Waals surface area contributed by atoms with E-state index in [4.69, 9.17) is 28.8 Å². The number of nitrogens with zero attached hydrogens (tertiary/aromatic N) is 4. The Hall–Kier alpha value is -6.17. The Labute approximate surface area is 571 Å². The van der Waals surface area contributed by atoms with Crippen molar-refractivity contribution in [2.75, 3.05) is 27.3 Å². The summed E-state index contributed by atoms with van der Waals surface area (Å²) in [6.45, 7) is 19.9. The highest BCUT2D eigenvalue weighted by atomic mass is 127. The van der Waals surface area contributed by atoms with Crippen molar-refractivity contribution in [3.05, 3.63) is 128 Å². The van der Waals surface area contributed by atoms with Gasteiger partial charge in [-0.1, -0.05) is 88.4 Å². The van der Waals surface area contributed by atoms with Crippen LogP contribution >= 0.6 is 22.6 Å². The van der Waals surface area contributed by atoms with Gasteiger partial charge in [-0.25, -0.2) is 0 Å². The van der Waals surface area contributed by atoms with E-state index in [9.17, 15) is 40.8 Å². The fraction of sp³-hybridized carbons (Fsp3) is 0.541. The Morgan fingerprint density at radius 3 is 1.53 bits per heavy atom. The molecule has 0 unspecified atom stereocenters. The normalized spacial score (nSPS) is 22.1. The largest absolute Gasteiger partial charge is 0.534 e. The highest BCUT2D eigenvalue weighted by Crippen LogP contribution is 2.59. The summed E-state index contributed by atoms with van der Waals surface area (Å²) < 4.78 is 86.8. The van der Waals surface area contributed by atoms with Gasteiger partial charge in [0.2, 0.25) is 11.8 Å². The van der Waals surface area contributed by atoms with Crippen molar-refractivity contribution in [1.29, 1.82) is 0 Å². The number of aliphatic imine (C=N–C) groups is 2. The fourth-order valence-electron chi connectivity index (χ4n) is 14.8. The first-order valence-electron chi connectivity index (χ1n) is 33.6. The number of ether oxygens (including phenoxy) is 2. The highest BCUT2D eigenvalue weighted by Gasteiger charge is 2.54. The Morgan fingerprint density at radius 1 is 0.632 bits per heavy atom. The van der Waals surface area contributed by atoms with Crippen LogP contribution in [0.3, 0.4) is 0 Å². The van der Waals surface area contributed by atoms with E-state index in [1.54, 1.807) is 17.2 Å². The Morgan fingerprint density at radius 2 is 1.07 bits per heavy atom. The lowest BCUT2D eigenvalue weighted by molar-refractivity contribution is -0.148. The molecule has 5 fully saturated rings. The van der Waals surface area contributed by atoms with Crippen LogP contribution in [0, 0.1) is 45.0 Å². The first-order chi connectivity index (χ1) is 44.8. The van der Waals surface area contributed by atoms with Crippen LogP contribution in [0.5, 0.6) is 5.75 Å². The van der Waals surface area contributed by atoms with Gasteiger partial charge >= 0.3 is 34.7 Å². The summed E-state index contributed by atoms with van der Waals surface area (Å²) in [6, 6.07) is 24.8. The fourth-order valence-corrected chi connectivity index (χ4v) is 15.9. The summed E-state index contributed by atoms with van der Waals surface area (Å²) in [5.41, 5.74) is 11.1. The van der Waals surface area contributed by atoms with E-state index in [2.05, 4.69) is 122 Å². The molecular weight excluding hydrogens is 1350 g/mol. The third kappa shape index (κ3) is 14.8. The number of benzene rings is 4. The molecule has 9 aliphatic rings. The molecule has 15 nitrogen and oxygen atoms in total. The second kappa shape index (κ2) is 27.3. The smallest absolute Gasteiger partial charge is 0.469 e. The van der Waals surface area contributed by atoms with Gasteiger partial charge in [-0.2, -0.15) is 21.6 Å². The molecule has 3 saturated heterocycles. The minimum atomic E-state index is -5.60. The van der Waals surface area contributed by atoms with Gasteiger partial charge in [-0.05, 0) is 230 Å². The number of hydrogen-bond donors (Lipinski definition) is 0. The summed E-state index contributed by atoms with van der Waals surface area (Å²) in [5.74, 6) is -1.39. The molecule has 4 atom stereocenters. The lowest BCUT2D eigenvalue weighted by Gasteiger charge is -2.32. The average Bonchev–Trinajstić information content (AvgIpc) is 1.59. The van der Waals surface area contributed by atoms with Gasteiger partial charge in [0.25, 0.3) is 0 Å². The van der Waals surface area contributed by atoms with Gasteiger partial charge < -0.3 is 32.8 Å². The Balaban J connectivity index is 0.000000152. The van der Waals surface area contributed by atoms with Crippen molar-refractivity contribution in [3.8, 4) is 16.9 Å². The molecule has 0 aromatic heterocycles. The number of likely N-dealkylation sites (tertiary alicyclic amines) is 2. The number of aryl methyl sites for hydroxylation is 1. The molecule has 0 bridgehead atoms. The molecule has 508 valence electrons. The number of amides is 2. The van der Waals surface area contributed by atoms with Gasteiger partial charge in [0.05, 0.1) is 62.2 Å². The van der Waals surface area contributed by atoms with Crippen molar-refractivity contribution in [2.45, 2.75) is 194 Å². The van der Waals surface area contributed by atoms with E-state index in [0.717, 1.165) is 95.1 Å². The first-order valence-corrected chi connectivity index (χ1v) is 36.1. The minimum absolute atomic E-state index is 0.00862. The summed E-state index contributed by atoms with van der Waals surface area (Å²) in [7, 11) is -3.24. The molecule has 4 aromatic rings. The summed E-state index contributed by atoms with van der Waals surface area (Å²) in [6.07, 6.45) is 18.1. The molecule has 2 amide bonds. The zero-order valence-corrected chi connectivity index (χ0v) is 59.5. The van der Waals surface area contributed by atoms with E-state index in [-0.39, 0.29) is 102 Å². The van der Waals surface area contributed by atoms with E-state index in [1.807, 2.05) is 49.9 Å². The number of rotatable bonds is 16. The third-order valence-electron chi connectivity index (χ3n) is 21.8. The Kier molecular flexibility index (Phi) is 20.1. The zero-order valence-electron chi connectivity index (χ0n) is 56.6. The summed E-state index contributed by atoms with van der Waals surface area (Å²) in [4.78, 5) is 64.3. The maximum absolute atomic E-state index is 13.5. The van der Waals surface area contributed by atoms with Crippen molar-refractivity contribution >= 4 is 91.6 Å². The standard InChI is InChI=1S/C34H40N2O3.C28H39BN2O5.C12H10F3IO3S/c1-21(2)27(17-32(37)39-4)33(38)36-15-5-6-31(36)30-16-25(20-35-30)23-8-10-24(11-9-23)26-12-7-22(3)28-18-34(13-14-34)19-29(26)28;1-18(2)22(16-25(32)34-7)26(33)31-14-8-9-24(31)23-15-20(17-30-23)19-10-12-21(13-11-19)29-35-27(3,4)28(5,6)36-29;13-12(14,15)20(17,18)19-10-2-1-9(16)7-5-11(3-4-11)6-8(7)10/h7-12,20-21,27,31H,5-6,13-19H2,1-4H3;10-13,17-18,22,24H,8-9,14-16H2,1-7H3;1-2H,3-6H2/t27-,31-;22-,24-;/m00./s1. The van der Waals surface area contributed by atoms with Crippen molar-refractivity contribution in [3.63, 3.8) is 0 Å². The molecule has 5 heterocycles. The molecule has 2 spiro atoms. The van der Waals surface area contributed by atoms with Crippen LogP contribution in [0.15, 0.2) is 95.2 Å². The SMILES string of the molecule is COC(=O)C[C@H](C(=O)N1CCC[C@H]1C1=NC=C(c2ccc(-c3ccc(C)c4c3CC3(CC3)C4)cc2)C1)C(C)C.COC(=O)C[C@H](C(=O)N1CCC[C@H]1C1=NC=C(c2ccc(B3OC(C)(C)C(C)(C)O3)cc2)C1)C(C)C.O=S(=O)(Oc1ccc(I)c2c1CC1(CC1)C2)C(F)(F)F. The lowest BCUT2D eigenvalue weighted by atomic mass is 9.78. The molecule has 21 heteroatoms. The first kappa shape index (κ1) is 70.2. The number of esters is 2. The van der Waals surface area contributed by atoms with Gasteiger partial charge in [-0.3, -0.25) is 29.2 Å². The molecule has 4 aromatic carbocycles. The van der Waals surface area contributed by atoms with Gasteiger partial charge in [0.1, 0.15) is 5.75 Å². The van der Waals surface area contributed by atoms with Crippen LogP contribution in [-0.2, 0) is 73.8 Å². The van der Waals surface area contributed by atoms with Crippen molar-refractivity contribution in [1.82, 2.24) is 9.80 Å². The van der Waals surface area contributed by atoms with Crippen molar-refractivity contribution in [2.24, 2.45) is 44.5 Å². The molecule has 0 radical (unpaired) electrons. The number of fused-ring (bicyclic) bond motifs is 2. The number of carbonyl (C=O) groups excluding carboxylic acids is 4.